The highest BCUT2D eigenvalue weighted by molar-refractivity contribution is 7.89. The monoisotopic (exact) mass is 486 g/mol. The second kappa shape index (κ2) is 10.0. The van der Waals surface area contributed by atoms with Crippen LogP contribution < -0.4 is 14.4 Å². The third-order valence-corrected chi connectivity index (χ3v) is 7.64. The second-order valence-corrected chi connectivity index (χ2v) is 10.2. The van der Waals surface area contributed by atoms with Crippen LogP contribution in [-0.4, -0.2) is 62.8 Å². The van der Waals surface area contributed by atoms with E-state index in [1.807, 2.05) is 45.0 Å². The number of nitrogens with zero attached hydrogens (tertiary/aromatic N) is 4. The lowest BCUT2D eigenvalue weighted by Gasteiger charge is -2.36. The van der Waals surface area contributed by atoms with Gasteiger partial charge in [-0.1, -0.05) is 31.1 Å². The fraction of sp³-hybridized carbons (Fsp3) is 0.417. The van der Waals surface area contributed by atoms with Gasteiger partial charge in [0, 0.05) is 32.1 Å². The zero-order chi connectivity index (χ0) is 24.3. The number of aromatic nitrogens is 2. The maximum Gasteiger partial charge on any atom is 0.261 e. The van der Waals surface area contributed by atoms with E-state index in [2.05, 4.69) is 15.0 Å². The molecular weight excluding hydrogens is 456 g/mol. The number of ether oxygens (including phenoxy) is 2. The lowest BCUT2D eigenvalue weighted by Crippen LogP contribution is -2.48. The van der Waals surface area contributed by atoms with Crippen molar-refractivity contribution < 1.29 is 22.4 Å². The summed E-state index contributed by atoms with van der Waals surface area (Å²) in [7, 11) is -2.09. The first kappa shape index (κ1) is 24.0. The number of benzene rings is 2. The molecule has 2 heterocycles. The van der Waals surface area contributed by atoms with Crippen molar-refractivity contribution in [1.82, 2.24) is 14.4 Å². The first-order valence-corrected chi connectivity index (χ1v) is 12.8. The normalized spacial score (nSPS) is 15.0. The van der Waals surface area contributed by atoms with Crippen molar-refractivity contribution >= 4 is 15.7 Å². The molecule has 3 aromatic rings. The van der Waals surface area contributed by atoms with Crippen LogP contribution >= 0.6 is 0 Å². The fourth-order valence-electron chi connectivity index (χ4n) is 3.91. The zero-order valence-corrected chi connectivity index (χ0v) is 20.7. The summed E-state index contributed by atoms with van der Waals surface area (Å²) in [5.74, 6) is 2.15. The molecule has 0 bridgehead atoms. The number of rotatable bonds is 8. The maximum atomic E-state index is 13.5. The van der Waals surface area contributed by atoms with Crippen LogP contribution in [0.25, 0.3) is 11.5 Å². The van der Waals surface area contributed by atoms with Crippen molar-refractivity contribution in [1.29, 1.82) is 0 Å². The summed E-state index contributed by atoms with van der Waals surface area (Å²) in [6, 6.07) is 12.5. The van der Waals surface area contributed by atoms with Crippen molar-refractivity contribution in [3.8, 4) is 23.0 Å². The van der Waals surface area contributed by atoms with E-state index in [9.17, 15) is 8.42 Å². The topological polar surface area (TPSA) is 98.0 Å². The van der Waals surface area contributed by atoms with Gasteiger partial charge in [-0.25, -0.2) is 8.42 Å². The Balaban J connectivity index is 1.58. The van der Waals surface area contributed by atoms with Crippen LogP contribution in [0.1, 0.15) is 32.5 Å². The summed E-state index contributed by atoms with van der Waals surface area (Å²) in [6.07, 6.45) is 0. The van der Waals surface area contributed by atoms with Crippen LogP contribution in [0.3, 0.4) is 0 Å². The quantitative estimate of drug-likeness (QED) is 0.475. The molecule has 1 fully saturated rings. The van der Waals surface area contributed by atoms with E-state index in [-0.39, 0.29) is 16.7 Å². The van der Waals surface area contributed by atoms with Crippen LogP contribution in [0.5, 0.6) is 11.5 Å². The highest BCUT2D eigenvalue weighted by Crippen LogP contribution is 2.34. The summed E-state index contributed by atoms with van der Waals surface area (Å²) >= 11 is 0. The van der Waals surface area contributed by atoms with Crippen LogP contribution in [-0.2, 0) is 10.0 Å². The Morgan fingerprint density at radius 1 is 1.06 bits per heavy atom. The standard InChI is InChI=1S/C24H30N4O5S/c1-5-32-21-11-10-18(16-19(21)24-25-23(17(2)3)26-33-24)34(29,30)28-14-12-27(13-15-28)20-8-6-7-9-22(20)31-4/h6-11,16-17H,5,12-15H2,1-4H3. The smallest absolute Gasteiger partial charge is 0.261 e. The molecule has 0 spiro atoms. The number of piperazine rings is 1. The number of methoxy groups -OCH3 is 1. The van der Waals surface area contributed by atoms with Crippen molar-refractivity contribution in [2.75, 3.05) is 44.8 Å². The lowest BCUT2D eigenvalue weighted by atomic mass is 10.2. The molecule has 1 aromatic heterocycles. The number of anilines is 1. The van der Waals surface area contributed by atoms with Crippen molar-refractivity contribution in [3.63, 3.8) is 0 Å². The van der Waals surface area contributed by atoms with Crippen LogP contribution in [0.15, 0.2) is 51.9 Å². The Kier molecular flexibility index (Phi) is 7.08. The third kappa shape index (κ3) is 4.74. The van der Waals surface area contributed by atoms with Gasteiger partial charge in [0.1, 0.15) is 11.5 Å². The first-order chi connectivity index (χ1) is 16.3. The molecule has 0 saturated carbocycles. The van der Waals surface area contributed by atoms with Gasteiger partial charge in [-0.15, -0.1) is 0 Å². The van der Waals surface area contributed by atoms with E-state index in [0.717, 1.165) is 11.4 Å². The Morgan fingerprint density at radius 2 is 1.79 bits per heavy atom. The Morgan fingerprint density at radius 3 is 2.44 bits per heavy atom. The molecular formula is C24H30N4O5S. The van der Waals surface area contributed by atoms with E-state index in [4.69, 9.17) is 14.0 Å². The predicted molar refractivity (Wildman–Crippen MR) is 129 cm³/mol. The average Bonchev–Trinajstić information content (AvgIpc) is 3.35. The van der Waals surface area contributed by atoms with E-state index >= 15 is 0 Å². The summed E-state index contributed by atoms with van der Waals surface area (Å²) in [6.45, 7) is 8.06. The zero-order valence-electron chi connectivity index (χ0n) is 19.9. The molecule has 4 rings (SSSR count). The minimum Gasteiger partial charge on any atom is -0.495 e. The van der Waals surface area contributed by atoms with Gasteiger partial charge in [-0.05, 0) is 37.3 Å². The van der Waals surface area contributed by atoms with Crippen molar-refractivity contribution in [2.24, 2.45) is 0 Å². The molecule has 0 unspecified atom stereocenters. The molecule has 0 atom stereocenters. The number of sulfonamides is 1. The minimum atomic E-state index is -3.73. The molecule has 2 aromatic carbocycles. The second-order valence-electron chi connectivity index (χ2n) is 8.27. The first-order valence-electron chi connectivity index (χ1n) is 11.3. The molecule has 10 heteroatoms. The van der Waals surface area contributed by atoms with Crippen molar-refractivity contribution in [2.45, 2.75) is 31.6 Å². The van der Waals surface area contributed by atoms with E-state index < -0.39 is 10.0 Å². The van der Waals surface area contributed by atoms with Gasteiger partial charge in [0.25, 0.3) is 5.89 Å². The van der Waals surface area contributed by atoms with Crippen LogP contribution in [0.4, 0.5) is 5.69 Å². The van der Waals surface area contributed by atoms with Crippen LogP contribution in [0, 0.1) is 0 Å². The van der Waals surface area contributed by atoms with Gasteiger partial charge >= 0.3 is 0 Å². The molecule has 1 aliphatic rings. The highest BCUT2D eigenvalue weighted by Gasteiger charge is 2.30. The number of hydrogen-bond donors (Lipinski definition) is 0. The summed E-state index contributed by atoms with van der Waals surface area (Å²) in [5, 5.41) is 4.01. The van der Waals surface area contributed by atoms with Gasteiger partial charge in [0.2, 0.25) is 10.0 Å². The maximum absolute atomic E-state index is 13.5. The fourth-order valence-corrected chi connectivity index (χ4v) is 5.36. The Hall–Kier alpha value is -3.11. The van der Waals surface area contributed by atoms with Gasteiger partial charge in [0.15, 0.2) is 5.82 Å². The Labute approximate surface area is 200 Å². The van der Waals surface area contributed by atoms with E-state index in [1.54, 1.807) is 25.3 Å². The third-order valence-electron chi connectivity index (χ3n) is 5.74. The summed E-state index contributed by atoms with van der Waals surface area (Å²) in [4.78, 5) is 6.74. The lowest BCUT2D eigenvalue weighted by molar-refractivity contribution is 0.338. The molecule has 0 N–H and O–H groups in total. The predicted octanol–water partition coefficient (Wildman–Crippen LogP) is 3.78. The number of para-hydroxylation sites is 2. The summed E-state index contributed by atoms with van der Waals surface area (Å²) < 4.78 is 45.1. The molecule has 1 aliphatic heterocycles. The molecule has 182 valence electrons. The minimum absolute atomic E-state index is 0.0829. The highest BCUT2D eigenvalue weighted by atomic mass is 32.2. The van der Waals surface area contributed by atoms with E-state index in [0.29, 0.717) is 49.9 Å². The molecule has 1 saturated heterocycles. The van der Waals surface area contributed by atoms with Crippen LogP contribution in [0.2, 0.25) is 0 Å². The van der Waals surface area contributed by atoms with Gasteiger partial charge in [-0.3, -0.25) is 0 Å². The summed E-state index contributed by atoms with van der Waals surface area (Å²) in [5.41, 5.74) is 1.43. The molecule has 0 radical (unpaired) electrons. The molecule has 0 aliphatic carbocycles. The van der Waals surface area contributed by atoms with Gasteiger partial charge < -0.3 is 18.9 Å². The largest absolute Gasteiger partial charge is 0.495 e. The van der Waals surface area contributed by atoms with Crippen molar-refractivity contribution in [3.05, 3.63) is 48.3 Å². The Bertz CT molecular complexity index is 1230. The van der Waals surface area contributed by atoms with E-state index in [1.165, 1.54) is 4.31 Å². The average molecular weight is 487 g/mol. The molecule has 34 heavy (non-hydrogen) atoms. The SMILES string of the molecule is CCOc1ccc(S(=O)(=O)N2CCN(c3ccccc3OC)CC2)cc1-c1nc(C(C)C)no1. The van der Waals surface area contributed by atoms with Gasteiger partial charge in [-0.2, -0.15) is 9.29 Å². The molecule has 0 amide bonds. The number of hydrogen-bond acceptors (Lipinski definition) is 8. The molecule has 9 nitrogen and oxygen atoms in total. The van der Waals surface area contributed by atoms with Gasteiger partial charge in [0.05, 0.1) is 29.9 Å².